The van der Waals surface area contributed by atoms with Gasteiger partial charge in [-0.25, -0.2) is 0 Å². The summed E-state index contributed by atoms with van der Waals surface area (Å²) in [5.74, 6) is 1.12. The van der Waals surface area contributed by atoms with Crippen LogP contribution < -0.4 is 14.2 Å². The van der Waals surface area contributed by atoms with Gasteiger partial charge in [0.2, 0.25) is 0 Å². The first-order valence-electron chi connectivity index (χ1n) is 7.70. The number of rotatable bonds is 8. The second kappa shape index (κ2) is 9.10. The molecule has 0 atom stereocenters. The SMILES string of the molecule is C=CCOc1c(Br)cc(/C=C/C(=O)c2ccc(O)c(OC)c2)cc1OC. The van der Waals surface area contributed by atoms with Crippen molar-refractivity contribution in [3.63, 3.8) is 0 Å². The lowest BCUT2D eigenvalue weighted by Gasteiger charge is -2.12. The summed E-state index contributed by atoms with van der Waals surface area (Å²) in [6.07, 6.45) is 4.76. The predicted octanol–water partition coefficient (Wildman–Crippen LogP) is 4.63. The van der Waals surface area contributed by atoms with Crippen molar-refractivity contribution >= 4 is 27.8 Å². The van der Waals surface area contributed by atoms with Gasteiger partial charge in [-0.05, 0) is 57.9 Å². The number of aromatic hydroxyl groups is 1. The van der Waals surface area contributed by atoms with Crippen molar-refractivity contribution in [1.29, 1.82) is 0 Å². The molecule has 0 spiro atoms. The van der Waals surface area contributed by atoms with E-state index in [-0.39, 0.29) is 17.3 Å². The Balaban J connectivity index is 2.25. The van der Waals surface area contributed by atoms with Gasteiger partial charge in [-0.2, -0.15) is 0 Å². The molecule has 6 heteroatoms. The van der Waals surface area contributed by atoms with Gasteiger partial charge in [0.15, 0.2) is 28.8 Å². The largest absolute Gasteiger partial charge is 0.504 e. The van der Waals surface area contributed by atoms with Crippen LogP contribution in [0.15, 0.2) is 53.5 Å². The normalized spacial score (nSPS) is 10.6. The Labute approximate surface area is 160 Å². The van der Waals surface area contributed by atoms with Crippen LogP contribution in [0.2, 0.25) is 0 Å². The minimum Gasteiger partial charge on any atom is -0.504 e. The molecule has 2 rings (SSSR count). The van der Waals surface area contributed by atoms with Gasteiger partial charge >= 0.3 is 0 Å². The number of halogens is 1. The highest BCUT2D eigenvalue weighted by Gasteiger charge is 2.11. The molecule has 0 aliphatic rings. The molecule has 0 aliphatic carbocycles. The molecule has 0 bridgehead atoms. The van der Waals surface area contributed by atoms with E-state index >= 15 is 0 Å². The molecule has 0 amide bonds. The lowest BCUT2D eigenvalue weighted by Crippen LogP contribution is -1.98. The van der Waals surface area contributed by atoms with Gasteiger partial charge in [0, 0.05) is 5.56 Å². The van der Waals surface area contributed by atoms with Crippen LogP contribution in [0.5, 0.6) is 23.0 Å². The highest BCUT2D eigenvalue weighted by molar-refractivity contribution is 9.10. The van der Waals surface area contributed by atoms with E-state index in [1.165, 1.54) is 31.4 Å². The van der Waals surface area contributed by atoms with E-state index in [1.807, 2.05) is 6.07 Å². The lowest BCUT2D eigenvalue weighted by atomic mass is 10.1. The summed E-state index contributed by atoms with van der Waals surface area (Å²) in [5, 5.41) is 9.61. The first-order valence-corrected chi connectivity index (χ1v) is 8.50. The number of hydrogen-bond acceptors (Lipinski definition) is 5. The first kappa shape index (κ1) is 19.6. The third-order valence-electron chi connectivity index (χ3n) is 3.49. The molecule has 0 unspecified atom stereocenters. The summed E-state index contributed by atoms with van der Waals surface area (Å²) in [7, 11) is 2.98. The second-order valence-electron chi connectivity index (χ2n) is 5.22. The highest BCUT2D eigenvalue weighted by Crippen LogP contribution is 2.37. The number of allylic oxidation sites excluding steroid dienone is 1. The molecule has 0 fully saturated rings. The zero-order valence-corrected chi connectivity index (χ0v) is 16.1. The summed E-state index contributed by atoms with van der Waals surface area (Å²) in [6, 6.07) is 8.04. The average molecular weight is 419 g/mol. The number of carbonyl (C=O) groups is 1. The lowest BCUT2D eigenvalue weighted by molar-refractivity contribution is 0.104. The van der Waals surface area contributed by atoms with Crippen molar-refractivity contribution < 1.29 is 24.1 Å². The van der Waals surface area contributed by atoms with Gasteiger partial charge in [0.25, 0.3) is 0 Å². The molecule has 0 heterocycles. The zero-order valence-electron chi connectivity index (χ0n) is 14.5. The van der Waals surface area contributed by atoms with Gasteiger partial charge in [0.1, 0.15) is 6.61 Å². The molecule has 5 nitrogen and oxygen atoms in total. The average Bonchev–Trinajstić information content (AvgIpc) is 2.65. The van der Waals surface area contributed by atoms with Gasteiger partial charge in [-0.3, -0.25) is 4.79 Å². The fourth-order valence-electron chi connectivity index (χ4n) is 2.22. The molecule has 2 aromatic rings. The maximum Gasteiger partial charge on any atom is 0.185 e. The molecule has 136 valence electrons. The Morgan fingerprint density at radius 1 is 1.19 bits per heavy atom. The van der Waals surface area contributed by atoms with Crippen LogP contribution in [0.25, 0.3) is 6.08 Å². The van der Waals surface area contributed by atoms with E-state index in [4.69, 9.17) is 14.2 Å². The summed E-state index contributed by atoms with van der Waals surface area (Å²) < 4.78 is 16.6. The molecule has 0 saturated heterocycles. The number of ether oxygens (including phenoxy) is 3. The maximum absolute atomic E-state index is 12.3. The third-order valence-corrected chi connectivity index (χ3v) is 4.08. The molecular weight excluding hydrogens is 400 g/mol. The Morgan fingerprint density at radius 2 is 1.92 bits per heavy atom. The van der Waals surface area contributed by atoms with Crippen LogP contribution in [0.3, 0.4) is 0 Å². The van der Waals surface area contributed by atoms with Gasteiger partial charge in [-0.1, -0.05) is 18.7 Å². The number of phenols is 1. The van der Waals surface area contributed by atoms with Crippen LogP contribution in [-0.2, 0) is 0 Å². The van der Waals surface area contributed by atoms with Crippen LogP contribution in [0.1, 0.15) is 15.9 Å². The second-order valence-corrected chi connectivity index (χ2v) is 6.07. The number of hydrogen-bond donors (Lipinski definition) is 1. The fraction of sp³-hybridized carbons (Fsp3) is 0.150. The standard InChI is InChI=1S/C20H19BrO5/c1-4-9-26-20-15(21)10-13(11-19(20)25-3)5-7-16(22)14-6-8-17(23)18(12-14)24-2/h4-8,10-12,23H,1,9H2,2-3H3/b7-5+. The summed E-state index contributed by atoms with van der Waals surface area (Å²) in [6.45, 7) is 3.97. The van der Waals surface area contributed by atoms with Gasteiger partial charge in [-0.15, -0.1) is 0 Å². The van der Waals surface area contributed by atoms with Crippen molar-refractivity contribution in [2.24, 2.45) is 0 Å². The van der Waals surface area contributed by atoms with Crippen LogP contribution in [-0.4, -0.2) is 31.7 Å². The number of ketones is 1. The summed E-state index contributed by atoms with van der Waals surface area (Å²) in [5.41, 5.74) is 1.17. The van der Waals surface area contributed by atoms with E-state index in [9.17, 15) is 9.90 Å². The fourth-order valence-corrected chi connectivity index (χ4v) is 2.79. The summed E-state index contributed by atoms with van der Waals surface area (Å²) >= 11 is 3.45. The van der Waals surface area contributed by atoms with Crippen LogP contribution >= 0.6 is 15.9 Å². The maximum atomic E-state index is 12.3. The Bertz CT molecular complexity index is 842. The Hall–Kier alpha value is -2.73. The number of benzene rings is 2. The summed E-state index contributed by atoms with van der Waals surface area (Å²) in [4.78, 5) is 12.3. The molecular formula is C20H19BrO5. The van der Waals surface area contributed by atoms with Gasteiger partial charge in [0.05, 0.1) is 18.7 Å². The van der Waals surface area contributed by atoms with E-state index in [1.54, 1.807) is 25.3 Å². The topological polar surface area (TPSA) is 65.0 Å². The minimum atomic E-state index is -0.217. The van der Waals surface area contributed by atoms with Crippen molar-refractivity contribution in [3.8, 4) is 23.0 Å². The van der Waals surface area contributed by atoms with Crippen LogP contribution in [0.4, 0.5) is 0 Å². The van der Waals surface area contributed by atoms with E-state index in [0.29, 0.717) is 28.1 Å². The highest BCUT2D eigenvalue weighted by atomic mass is 79.9. The first-order chi connectivity index (χ1) is 12.5. The minimum absolute atomic E-state index is 0.0168. The quantitative estimate of drug-likeness (QED) is 0.384. The molecule has 0 aromatic heterocycles. The monoisotopic (exact) mass is 418 g/mol. The molecule has 0 saturated carbocycles. The molecule has 0 aliphatic heterocycles. The Morgan fingerprint density at radius 3 is 2.58 bits per heavy atom. The van der Waals surface area contributed by atoms with E-state index in [2.05, 4.69) is 22.5 Å². The zero-order chi connectivity index (χ0) is 19.1. The van der Waals surface area contributed by atoms with Crippen molar-refractivity contribution in [2.45, 2.75) is 0 Å². The smallest absolute Gasteiger partial charge is 0.185 e. The Kier molecular flexibility index (Phi) is 6.86. The molecule has 1 N–H and O–H groups in total. The van der Waals surface area contributed by atoms with Crippen molar-refractivity contribution in [2.75, 3.05) is 20.8 Å². The van der Waals surface area contributed by atoms with E-state index in [0.717, 1.165) is 5.56 Å². The number of carbonyl (C=O) groups excluding carboxylic acids is 1. The van der Waals surface area contributed by atoms with Crippen molar-refractivity contribution in [1.82, 2.24) is 0 Å². The molecule has 2 aromatic carbocycles. The van der Waals surface area contributed by atoms with E-state index < -0.39 is 0 Å². The van der Waals surface area contributed by atoms with Crippen molar-refractivity contribution in [3.05, 3.63) is 64.7 Å². The number of methoxy groups -OCH3 is 2. The molecule has 26 heavy (non-hydrogen) atoms. The van der Waals surface area contributed by atoms with Gasteiger partial charge < -0.3 is 19.3 Å². The number of phenolic OH excluding ortho intramolecular Hbond substituents is 1. The third kappa shape index (κ3) is 4.67. The molecule has 0 radical (unpaired) electrons. The van der Waals surface area contributed by atoms with Crippen LogP contribution in [0, 0.1) is 0 Å². The predicted molar refractivity (Wildman–Crippen MR) is 104 cm³/mol.